The zero-order valence-electron chi connectivity index (χ0n) is 11.6. The number of hydrogen-bond donors (Lipinski definition) is 0. The highest BCUT2D eigenvalue weighted by molar-refractivity contribution is 5.94. The van der Waals surface area contributed by atoms with Crippen LogP contribution in [-0.2, 0) is 0 Å². The van der Waals surface area contributed by atoms with E-state index in [1.165, 1.54) is 6.07 Å². The minimum absolute atomic E-state index is 0.131. The molecule has 1 aliphatic rings. The number of carbonyl (C=O) groups is 1. The van der Waals surface area contributed by atoms with Crippen molar-refractivity contribution < 1.29 is 14.1 Å². The molecule has 1 amide bonds. The molecule has 0 bridgehead atoms. The second-order valence-corrected chi connectivity index (χ2v) is 5.11. The molecule has 2 rings (SSSR count). The molecule has 0 heterocycles. The van der Waals surface area contributed by atoms with Gasteiger partial charge in [-0.25, -0.2) is 0 Å². The summed E-state index contributed by atoms with van der Waals surface area (Å²) >= 11 is 0. The molecule has 21 heavy (non-hydrogen) atoms. The van der Waals surface area contributed by atoms with Crippen LogP contribution < -0.4 is 0 Å². The SMILES string of the molecule is C=CCN(C(=O)c1ccc([N+](=O)[O-])c(F)c1)C1CCCC1. The second-order valence-electron chi connectivity index (χ2n) is 5.11. The molecule has 5 nitrogen and oxygen atoms in total. The van der Waals surface area contributed by atoms with Gasteiger partial charge in [-0.15, -0.1) is 6.58 Å². The van der Waals surface area contributed by atoms with E-state index in [0.29, 0.717) is 6.54 Å². The van der Waals surface area contributed by atoms with Gasteiger partial charge in [0.2, 0.25) is 5.82 Å². The van der Waals surface area contributed by atoms with Gasteiger partial charge in [0.05, 0.1) is 4.92 Å². The van der Waals surface area contributed by atoms with E-state index < -0.39 is 16.4 Å². The summed E-state index contributed by atoms with van der Waals surface area (Å²) in [5.74, 6) is -1.30. The van der Waals surface area contributed by atoms with Gasteiger partial charge in [-0.3, -0.25) is 14.9 Å². The summed E-state index contributed by atoms with van der Waals surface area (Å²) in [6, 6.07) is 3.40. The monoisotopic (exact) mass is 292 g/mol. The molecule has 0 N–H and O–H groups in total. The first-order chi connectivity index (χ1) is 10.0. The number of carbonyl (C=O) groups excluding carboxylic acids is 1. The van der Waals surface area contributed by atoms with Crippen LogP contribution in [0.4, 0.5) is 10.1 Å². The first-order valence-corrected chi connectivity index (χ1v) is 6.90. The number of nitrogens with zero attached hydrogens (tertiary/aromatic N) is 2. The molecule has 1 aliphatic carbocycles. The smallest absolute Gasteiger partial charge is 0.304 e. The summed E-state index contributed by atoms with van der Waals surface area (Å²) in [4.78, 5) is 24.0. The Labute approximate surface area is 122 Å². The normalized spacial score (nSPS) is 14.9. The molecule has 1 aromatic rings. The van der Waals surface area contributed by atoms with Gasteiger partial charge in [-0.05, 0) is 25.0 Å². The number of nitro benzene ring substituents is 1. The van der Waals surface area contributed by atoms with Crippen LogP contribution in [0, 0.1) is 15.9 Å². The molecule has 0 aromatic heterocycles. The zero-order chi connectivity index (χ0) is 15.4. The van der Waals surface area contributed by atoms with Gasteiger partial charge in [-0.2, -0.15) is 4.39 Å². The van der Waals surface area contributed by atoms with Crippen molar-refractivity contribution >= 4 is 11.6 Å². The molecule has 0 unspecified atom stereocenters. The highest BCUT2D eigenvalue weighted by atomic mass is 19.1. The third kappa shape index (κ3) is 3.26. The highest BCUT2D eigenvalue weighted by Crippen LogP contribution is 2.26. The summed E-state index contributed by atoms with van der Waals surface area (Å²) in [7, 11) is 0. The van der Waals surface area contributed by atoms with E-state index in [1.54, 1.807) is 11.0 Å². The Morgan fingerprint density at radius 1 is 1.48 bits per heavy atom. The van der Waals surface area contributed by atoms with Gasteiger partial charge in [0, 0.05) is 24.2 Å². The summed E-state index contributed by atoms with van der Waals surface area (Å²) < 4.78 is 13.7. The van der Waals surface area contributed by atoms with Crippen LogP contribution in [0.25, 0.3) is 0 Å². The van der Waals surface area contributed by atoms with Crippen molar-refractivity contribution in [3.8, 4) is 0 Å². The fourth-order valence-electron chi connectivity index (χ4n) is 2.71. The Morgan fingerprint density at radius 3 is 2.67 bits per heavy atom. The van der Waals surface area contributed by atoms with E-state index >= 15 is 0 Å². The Bertz CT molecular complexity index is 568. The van der Waals surface area contributed by atoms with Crippen LogP contribution in [0.1, 0.15) is 36.0 Å². The minimum atomic E-state index is -0.990. The molecular formula is C15H17FN2O3. The van der Waals surface area contributed by atoms with Crippen LogP contribution in [0.5, 0.6) is 0 Å². The first kappa shape index (κ1) is 15.2. The number of hydrogen-bond acceptors (Lipinski definition) is 3. The summed E-state index contributed by atoms with van der Waals surface area (Å²) in [6.07, 6.45) is 5.63. The van der Waals surface area contributed by atoms with Gasteiger partial charge in [0.25, 0.3) is 5.91 Å². The van der Waals surface area contributed by atoms with Gasteiger partial charge >= 0.3 is 5.69 Å². The predicted octanol–water partition coefficient (Wildman–Crippen LogP) is 3.30. The molecular weight excluding hydrogens is 275 g/mol. The van der Waals surface area contributed by atoms with Crippen molar-refractivity contribution in [3.05, 3.63) is 52.3 Å². The average molecular weight is 292 g/mol. The lowest BCUT2D eigenvalue weighted by molar-refractivity contribution is -0.387. The standard InChI is InChI=1S/C15H17FN2O3/c1-2-9-17(12-5-3-4-6-12)15(19)11-7-8-14(18(20)21)13(16)10-11/h2,7-8,10,12H,1,3-6,9H2. The van der Waals surface area contributed by atoms with E-state index in [9.17, 15) is 19.3 Å². The van der Waals surface area contributed by atoms with Crippen molar-refractivity contribution in [3.63, 3.8) is 0 Å². The van der Waals surface area contributed by atoms with Gasteiger partial charge in [-0.1, -0.05) is 18.9 Å². The Balaban J connectivity index is 2.25. The van der Waals surface area contributed by atoms with E-state index in [4.69, 9.17) is 0 Å². The molecule has 0 radical (unpaired) electrons. The first-order valence-electron chi connectivity index (χ1n) is 6.90. The number of nitro groups is 1. The van der Waals surface area contributed by atoms with Crippen LogP contribution >= 0.6 is 0 Å². The minimum Gasteiger partial charge on any atom is -0.332 e. The number of halogens is 1. The maximum absolute atomic E-state index is 13.7. The molecule has 1 saturated carbocycles. The Hall–Kier alpha value is -2.24. The van der Waals surface area contributed by atoms with E-state index in [2.05, 4.69) is 6.58 Å². The van der Waals surface area contributed by atoms with E-state index in [0.717, 1.165) is 37.8 Å². The lowest BCUT2D eigenvalue weighted by Gasteiger charge is -2.28. The molecule has 0 saturated heterocycles. The maximum atomic E-state index is 13.7. The fourth-order valence-corrected chi connectivity index (χ4v) is 2.71. The lowest BCUT2D eigenvalue weighted by atomic mass is 10.1. The Kier molecular flexibility index (Phi) is 4.67. The number of benzene rings is 1. The van der Waals surface area contributed by atoms with E-state index in [-0.39, 0.29) is 17.5 Å². The highest BCUT2D eigenvalue weighted by Gasteiger charge is 2.27. The molecule has 0 atom stereocenters. The molecule has 6 heteroatoms. The van der Waals surface area contributed by atoms with Crippen LogP contribution in [-0.4, -0.2) is 28.3 Å². The molecule has 0 spiro atoms. The summed E-state index contributed by atoms with van der Waals surface area (Å²) in [5, 5.41) is 10.6. The predicted molar refractivity (Wildman–Crippen MR) is 76.5 cm³/mol. The van der Waals surface area contributed by atoms with Crippen LogP contribution in [0.15, 0.2) is 30.9 Å². The summed E-state index contributed by atoms with van der Waals surface area (Å²) in [5.41, 5.74) is -0.491. The van der Waals surface area contributed by atoms with Crippen molar-refractivity contribution in [1.29, 1.82) is 0 Å². The number of amides is 1. The fraction of sp³-hybridized carbons (Fsp3) is 0.400. The molecule has 0 aliphatic heterocycles. The molecule has 1 aromatic carbocycles. The molecule has 1 fully saturated rings. The second kappa shape index (κ2) is 6.47. The van der Waals surface area contributed by atoms with Crippen molar-refractivity contribution in [2.45, 2.75) is 31.7 Å². The van der Waals surface area contributed by atoms with Crippen molar-refractivity contribution in [1.82, 2.24) is 4.90 Å². The van der Waals surface area contributed by atoms with Crippen molar-refractivity contribution in [2.75, 3.05) is 6.54 Å². The van der Waals surface area contributed by atoms with Crippen LogP contribution in [0.3, 0.4) is 0 Å². The molecule has 112 valence electrons. The van der Waals surface area contributed by atoms with Crippen LogP contribution in [0.2, 0.25) is 0 Å². The lowest BCUT2D eigenvalue weighted by Crippen LogP contribution is -2.39. The number of rotatable bonds is 5. The summed E-state index contributed by atoms with van der Waals surface area (Å²) in [6.45, 7) is 4.04. The van der Waals surface area contributed by atoms with Gasteiger partial charge < -0.3 is 4.90 Å². The van der Waals surface area contributed by atoms with Gasteiger partial charge in [0.15, 0.2) is 0 Å². The topological polar surface area (TPSA) is 63.5 Å². The zero-order valence-corrected chi connectivity index (χ0v) is 11.6. The van der Waals surface area contributed by atoms with E-state index in [1.807, 2.05) is 0 Å². The maximum Gasteiger partial charge on any atom is 0.304 e. The third-order valence-corrected chi connectivity index (χ3v) is 3.74. The average Bonchev–Trinajstić information content (AvgIpc) is 2.97. The van der Waals surface area contributed by atoms with Gasteiger partial charge in [0.1, 0.15) is 0 Å². The third-order valence-electron chi connectivity index (χ3n) is 3.74. The Morgan fingerprint density at radius 2 is 2.14 bits per heavy atom. The largest absolute Gasteiger partial charge is 0.332 e. The van der Waals surface area contributed by atoms with Crippen molar-refractivity contribution in [2.24, 2.45) is 0 Å². The quantitative estimate of drug-likeness (QED) is 0.475.